The maximum atomic E-state index is 6.24. The Morgan fingerprint density at radius 2 is 1.88 bits per heavy atom. The molecule has 0 atom stereocenters. The number of hydrogen-bond donors (Lipinski definition) is 1. The Balaban J connectivity index is 3.31. The highest BCUT2D eigenvalue weighted by molar-refractivity contribution is 6.43. The van der Waals surface area contributed by atoms with Crippen LogP contribution in [0, 0.1) is 0 Å². The SMILES string of the molecule is C=C(C)/C=C(\N)c1ccc(C(C)C)c(Cl)c1Cl. The minimum absolute atomic E-state index is 0.334. The summed E-state index contributed by atoms with van der Waals surface area (Å²) in [6.45, 7) is 9.81. The Morgan fingerprint density at radius 3 is 2.35 bits per heavy atom. The van der Waals surface area contributed by atoms with Crippen molar-refractivity contribution >= 4 is 28.9 Å². The molecule has 0 heterocycles. The summed E-state index contributed by atoms with van der Waals surface area (Å²) in [5.74, 6) is 0.334. The van der Waals surface area contributed by atoms with Crippen LogP contribution >= 0.6 is 23.2 Å². The zero-order valence-corrected chi connectivity index (χ0v) is 11.9. The molecule has 1 aromatic carbocycles. The lowest BCUT2D eigenvalue weighted by Crippen LogP contribution is -2.00. The first kappa shape index (κ1) is 14.1. The second kappa shape index (κ2) is 5.61. The molecule has 0 radical (unpaired) electrons. The van der Waals surface area contributed by atoms with Crippen LogP contribution in [-0.2, 0) is 0 Å². The van der Waals surface area contributed by atoms with Gasteiger partial charge in [-0.3, -0.25) is 0 Å². The molecule has 1 rings (SSSR count). The van der Waals surface area contributed by atoms with Crippen molar-refractivity contribution in [3.63, 3.8) is 0 Å². The zero-order chi connectivity index (χ0) is 13.2. The number of benzene rings is 1. The van der Waals surface area contributed by atoms with Gasteiger partial charge in [0.15, 0.2) is 0 Å². The molecule has 17 heavy (non-hydrogen) atoms. The maximum absolute atomic E-state index is 6.24. The second-order valence-electron chi connectivity index (χ2n) is 4.43. The van der Waals surface area contributed by atoms with Gasteiger partial charge in [0, 0.05) is 11.3 Å². The lowest BCUT2D eigenvalue weighted by atomic mass is 10.00. The molecule has 92 valence electrons. The Labute approximate surface area is 113 Å². The summed E-state index contributed by atoms with van der Waals surface area (Å²) in [5, 5.41) is 1.09. The van der Waals surface area contributed by atoms with Gasteiger partial charge in [0.25, 0.3) is 0 Å². The smallest absolute Gasteiger partial charge is 0.0688 e. The number of allylic oxidation sites excluding steroid dienone is 2. The van der Waals surface area contributed by atoms with Crippen LogP contribution in [0.25, 0.3) is 5.70 Å². The third-order valence-electron chi connectivity index (χ3n) is 2.45. The number of nitrogens with two attached hydrogens (primary N) is 1. The largest absolute Gasteiger partial charge is 0.398 e. The van der Waals surface area contributed by atoms with Gasteiger partial charge in [0.05, 0.1) is 10.0 Å². The Kier molecular flexibility index (Phi) is 4.67. The molecule has 2 N–H and O–H groups in total. The number of rotatable bonds is 3. The Morgan fingerprint density at radius 1 is 1.29 bits per heavy atom. The van der Waals surface area contributed by atoms with Crippen molar-refractivity contribution in [1.29, 1.82) is 0 Å². The van der Waals surface area contributed by atoms with E-state index in [1.165, 1.54) is 0 Å². The van der Waals surface area contributed by atoms with Gasteiger partial charge in [-0.2, -0.15) is 0 Å². The molecule has 0 fully saturated rings. The zero-order valence-electron chi connectivity index (χ0n) is 10.3. The molecule has 1 nitrogen and oxygen atoms in total. The summed E-state index contributed by atoms with van der Waals surface area (Å²) in [4.78, 5) is 0. The fourth-order valence-corrected chi connectivity index (χ4v) is 2.24. The van der Waals surface area contributed by atoms with Crippen LogP contribution < -0.4 is 5.73 Å². The highest BCUT2D eigenvalue weighted by Crippen LogP contribution is 2.35. The maximum Gasteiger partial charge on any atom is 0.0688 e. The summed E-state index contributed by atoms with van der Waals surface area (Å²) < 4.78 is 0. The van der Waals surface area contributed by atoms with Gasteiger partial charge in [-0.25, -0.2) is 0 Å². The number of hydrogen-bond acceptors (Lipinski definition) is 1. The molecule has 0 aromatic heterocycles. The topological polar surface area (TPSA) is 26.0 Å². The van der Waals surface area contributed by atoms with Crippen molar-refractivity contribution in [3.8, 4) is 0 Å². The van der Waals surface area contributed by atoms with E-state index in [0.717, 1.165) is 16.7 Å². The molecule has 0 aliphatic heterocycles. The van der Waals surface area contributed by atoms with Gasteiger partial charge < -0.3 is 5.73 Å². The molecule has 0 amide bonds. The first-order valence-electron chi connectivity index (χ1n) is 5.45. The summed E-state index contributed by atoms with van der Waals surface area (Å²) in [6, 6.07) is 3.87. The van der Waals surface area contributed by atoms with Crippen molar-refractivity contribution in [2.24, 2.45) is 5.73 Å². The summed E-state index contributed by atoms with van der Waals surface area (Å²) >= 11 is 12.5. The summed E-state index contributed by atoms with van der Waals surface area (Å²) in [6.07, 6.45) is 1.78. The highest BCUT2D eigenvalue weighted by atomic mass is 35.5. The predicted molar refractivity (Wildman–Crippen MR) is 77.5 cm³/mol. The predicted octanol–water partition coefficient (Wildman–Crippen LogP) is 4.99. The lowest BCUT2D eigenvalue weighted by Gasteiger charge is -2.13. The Hall–Kier alpha value is -0.920. The van der Waals surface area contributed by atoms with Crippen molar-refractivity contribution < 1.29 is 0 Å². The van der Waals surface area contributed by atoms with Crippen molar-refractivity contribution in [1.82, 2.24) is 0 Å². The van der Waals surface area contributed by atoms with Crippen LogP contribution in [0.3, 0.4) is 0 Å². The van der Waals surface area contributed by atoms with E-state index in [1.807, 2.05) is 19.1 Å². The third kappa shape index (κ3) is 3.27. The molecule has 1 aromatic rings. The summed E-state index contributed by atoms with van der Waals surface area (Å²) in [5.41, 5.74) is 9.19. The van der Waals surface area contributed by atoms with Crippen LogP contribution in [0.2, 0.25) is 10.0 Å². The van der Waals surface area contributed by atoms with Crippen molar-refractivity contribution in [2.45, 2.75) is 26.7 Å². The van der Waals surface area contributed by atoms with Crippen molar-refractivity contribution in [3.05, 3.63) is 51.5 Å². The normalized spacial score (nSPS) is 12.0. The molecule has 0 unspecified atom stereocenters. The average molecular weight is 270 g/mol. The second-order valence-corrected chi connectivity index (χ2v) is 5.19. The van der Waals surface area contributed by atoms with E-state index in [1.54, 1.807) is 6.08 Å². The monoisotopic (exact) mass is 269 g/mol. The molecule has 0 spiro atoms. The van der Waals surface area contributed by atoms with E-state index in [-0.39, 0.29) is 0 Å². The van der Waals surface area contributed by atoms with E-state index in [9.17, 15) is 0 Å². The standard InChI is InChI=1S/C14H17Cl2N/c1-8(2)7-12(17)11-6-5-10(9(3)4)13(15)14(11)16/h5-7,9H,1,17H2,2-4H3/b12-7-. The van der Waals surface area contributed by atoms with Crippen LogP contribution in [0.4, 0.5) is 0 Å². The third-order valence-corrected chi connectivity index (χ3v) is 3.34. The fraction of sp³-hybridized carbons (Fsp3) is 0.286. The van der Waals surface area contributed by atoms with Gasteiger partial charge in [0.2, 0.25) is 0 Å². The average Bonchev–Trinajstić information content (AvgIpc) is 2.20. The van der Waals surface area contributed by atoms with Crippen molar-refractivity contribution in [2.75, 3.05) is 0 Å². The van der Waals surface area contributed by atoms with Crippen LogP contribution in [0.5, 0.6) is 0 Å². The van der Waals surface area contributed by atoms with E-state index in [0.29, 0.717) is 21.7 Å². The molecule has 0 aliphatic rings. The minimum atomic E-state index is 0.334. The molecule has 0 bridgehead atoms. The molecule has 0 saturated carbocycles. The van der Waals surface area contributed by atoms with E-state index >= 15 is 0 Å². The Bertz CT molecular complexity index is 473. The lowest BCUT2D eigenvalue weighted by molar-refractivity contribution is 0.867. The van der Waals surface area contributed by atoms with Gasteiger partial charge in [-0.1, -0.05) is 61.3 Å². The molecule has 0 aliphatic carbocycles. The number of halogens is 2. The fourth-order valence-electron chi connectivity index (χ4n) is 1.58. The molecule has 3 heteroatoms. The van der Waals surface area contributed by atoms with Crippen LogP contribution in [0.1, 0.15) is 37.8 Å². The van der Waals surface area contributed by atoms with Crippen LogP contribution in [0.15, 0.2) is 30.4 Å². The van der Waals surface area contributed by atoms with Gasteiger partial charge >= 0.3 is 0 Å². The highest BCUT2D eigenvalue weighted by Gasteiger charge is 2.13. The van der Waals surface area contributed by atoms with Crippen LogP contribution in [-0.4, -0.2) is 0 Å². The minimum Gasteiger partial charge on any atom is -0.398 e. The van der Waals surface area contributed by atoms with Gasteiger partial charge in [-0.15, -0.1) is 0 Å². The molecular formula is C14H17Cl2N. The quantitative estimate of drug-likeness (QED) is 0.769. The van der Waals surface area contributed by atoms with E-state index in [4.69, 9.17) is 28.9 Å². The first-order valence-corrected chi connectivity index (χ1v) is 6.21. The van der Waals surface area contributed by atoms with E-state index < -0.39 is 0 Å². The van der Waals surface area contributed by atoms with Gasteiger partial charge in [-0.05, 0) is 24.5 Å². The molecule has 0 saturated heterocycles. The van der Waals surface area contributed by atoms with E-state index in [2.05, 4.69) is 20.4 Å². The van der Waals surface area contributed by atoms with Gasteiger partial charge in [0.1, 0.15) is 0 Å². The molecular weight excluding hydrogens is 253 g/mol. The summed E-state index contributed by atoms with van der Waals surface area (Å²) in [7, 11) is 0. The first-order chi connectivity index (χ1) is 7.84.